The number of rotatable bonds is 13. The van der Waals surface area contributed by atoms with Crippen molar-refractivity contribution in [1.82, 2.24) is 15.2 Å². The minimum absolute atomic E-state index is 0.103. The fourth-order valence-electron chi connectivity index (χ4n) is 5.62. The van der Waals surface area contributed by atoms with Crippen LogP contribution in [0.3, 0.4) is 0 Å². The number of nitrogens with one attached hydrogen (secondary N) is 2. The Kier molecular flexibility index (Phi) is 8.46. The number of amides is 1. The molecule has 2 saturated carbocycles. The van der Waals surface area contributed by atoms with E-state index in [0.29, 0.717) is 18.5 Å². The lowest BCUT2D eigenvalue weighted by molar-refractivity contribution is -0.143. The minimum Gasteiger partial charge on any atom is -0.480 e. The molecule has 2 aliphatic carbocycles. The molecule has 7 nitrogen and oxygen atoms in total. The molecule has 0 spiro atoms. The van der Waals surface area contributed by atoms with E-state index >= 15 is 0 Å². The van der Waals surface area contributed by atoms with Crippen molar-refractivity contribution < 1.29 is 14.7 Å². The van der Waals surface area contributed by atoms with Crippen LogP contribution >= 0.6 is 0 Å². The number of anilines is 1. The van der Waals surface area contributed by atoms with Gasteiger partial charge in [-0.25, -0.2) is 9.78 Å². The molecule has 1 amide bonds. The van der Waals surface area contributed by atoms with Crippen LogP contribution in [0.5, 0.6) is 0 Å². The van der Waals surface area contributed by atoms with Gasteiger partial charge < -0.3 is 15.7 Å². The highest BCUT2D eigenvalue weighted by Gasteiger charge is 2.40. The van der Waals surface area contributed by atoms with Crippen molar-refractivity contribution in [3.8, 4) is 0 Å². The van der Waals surface area contributed by atoms with Gasteiger partial charge in [-0.2, -0.15) is 0 Å². The van der Waals surface area contributed by atoms with E-state index in [1.807, 2.05) is 13.8 Å². The van der Waals surface area contributed by atoms with Crippen LogP contribution in [0.25, 0.3) is 0 Å². The maximum atomic E-state index is 12.4. The first-order valence-electron chi connectivity index (χ1n) is 13.5. The molecule has 3 N–H and O–H groups in total. The summed E-state index contributed by atoms with van der Waals surface area (Å²) in [7, 11) is 0. The van der Waals surface area contributed by atoms with Crippen molar-refractivity contribution >= 4 is 17.7 Å². The van der Waals surface area contributed by atoms with Crippen molar-refractivity contribution in [3.05, 3.63) is 23.4 Å². The molecule has 0 saturated heterocycles. The largest absolute Gasteiger partial charge is 0.480 e. The van der Waals surface area contributed by atoms with Gasteiger partial charge in [-0.15, -0.1) is 0 Å². The summed E-state index contributed by atoms with van der Waals surface area (Å²) in [4.78, 5) is 31.6. The smallest absolute Gasteiger partial charge is 0.326 e. The van der Waals surface area contributed by atoms with Gasteiger partial charge in [-0.1, -0.05) is 19.9 Å². The molecule has 1 atom stereocenters. The summed E-state index contributed by atoms with van der Waals surface area (Å²) in [5.41, 5.74) is 2.53. The fourth-order valence-corrected chi connectivity index (χ4v) is 5.62. The average Bonchev–Trinajstić information content (AvgIpc) is 3.64. The number of pyridine rings is 1. The maximum absolute atomic E-state index is 12.4. The third-order valence-electron chi connectivity index (χ3n) is 8.10. The topological polar surface area (TPSA) is 94.6 Å². The lowest BCUT2D eigenvalue weighted by Crippen LogP contribution is -2.49. The molecule has 2 heterocycles. The number of aliphatic carboxylic acids is 1. The van der Waals surface area contributed by atoms with Gasteiger partial charge in [0.05, 0.1) is 0 Å². The van der Waals surface area contributed by atoms with Crippen molar-refractivity contribution in [2.24, 2.45) is 11.8 Å². The molecule has 1 aromatic heterocycles. The predicted molar refractivity (Wildman–Crippen MR) is 134 cm³/mol. The zero-order valence-corrected chi connectivity index (χ0v) is 20.9. The number of carbonyl (C=O) groups excluding carboxylic acids is 1. The van der Waals surface area contributed by atoms with Crippen LogP contribution < -0.4 is 10.6 Å². The summed E-state index contributed by atoms with van der Waals surface area (Å²) in [6.07, 6.45) is 11.3. The van der Waals surface area contributed by atoms with E-state index < -0.39 is 12.0 Å². The molecule has 0 bridgehead atoms. The first-order chi connectivity index (χ1) is 16.5. The van der Waals surface area contributed by atoms with E-state index in [0.717, 1.165) is 50.5 Å². The summed E-state index contributed by atoms with van der Waals surface area (Å²) in [5.74, 6) is 0.661. The van der Waals surface area contributed by atoms with Crippen LogP contribution in [0, 0.1) is 11.8 Å². The zero-order chi connectivity index (χ0) is 24.1. The summed E-state index contributed by atoms with van der Waals surface area (Å²) < 4.78 is 0. The van der Waals surface area contributed by atoms with Crippen LogP contribution in [0.4, 0.5) is 5.82 Å². The standard InChI is InChI=1S/C27H42N4O3/c1-3-19(4-2)26(32)30-24(27(33)34)13-15-31(22-11-12-22)23-16-18(17-23)7-9-21-10-8-20-6-5-14-28-25(20)29-21/h8,10,18-19,22-24H,3-7,9,11-17H2,1-2H3,(H,28,29)(H,30,32)(H,33,34)/t18?,23?,24-/m0/s1. The molecular weight excluding hydrogens is 428 g/mol. The zero-order valence-electron chi connectivity index (χ0n) is 20.9. The number of aromatic nitrogens is 1. The molecule has 0 unspecified atom stereocenters. The van der Waals surface area contributed by atoms with E-state index in [9.17, 15) is 14.7 Å². The molecule has 0 radical (unpaired) electrons. The van der Waals surface area contributed by atoms with Gasteiger partial charge in [0.2, 0.25) is 5.91 Å². The highest BCUT2D eigenvalue weighted by molar-refractivity contribution is 5.84. The van der Waals surface area contributed by atoms with Gasteiger partial charge in [0.25, 0.3) is 0 Å². The van der Waals surface area contributed by atoms with Crippen LogP contribution in [0.1, 0.15) is 82.9 Å². The second kappa shape index (κ2) is 11.5. The van der Waals surface area contributed by atoms with Crippen LogP contribution in [0.15, 0.2) is 12.1 Å². The Morgan fingerprint density at radius 3 is 2.65 bits per heavy atom. The fraction of sp³-hybridized carbons (Fsp3) is 0.741. The normalized spacial score (nSPS) is 22.6. The van der Waals surface area contributed by atoms with Gasteiger partial charge in [0, 0.05) is 36.8 Å². The Balaban J connectivity index is 1.23. The summed E-state index contributed by atoms with van der Waals surface area (Å²) >= 11 is 0. The first kappa shape index (κ1) is 25.0. The quantitative estimate of drug-likeness (QED) is 0.403. The van der Waals surface area contributed by atoms with Gasteiger partial charge >= 0.3 is 5.97 Å². The van der Waals surface area contributed by atoms with Crippen molar-refractivity contribution in [1.29, 1.82) is 0 Å². The Morgan fingerprint density at radius 2 is 1.97 bits per heavy atom. The molecule has 2 fully saturated rings. The minimum atomic E-state index is -0.923. The number of fused-ring (bicyclic) bond motifs is 1. The second-order valence-electron chi connectivity index (χ2n) is 10.5. The number of carboxylic acids is 1. The molecule has 4 rings (SSSR count). The average molecular weight is 471 g/mol. The molecule has 188 valence electrons. The lowest BCUT2D eigenvalue weighted by Gasteiger charge is -2.44. The molecule has 1 aliphatic heterocycles. The van der Waals surface area contributed by atoms with E-state index in [-0.39, 0.29) is 11.8 Å². The van der Waals surface area contributed by atoms with Gasteiger partial charge in [0.15, 0.2) is 0 Å². The number of aryl methyl sites for hydroxylation is 2. The third kappa shape index (κ3) is 6.29. The van der Waals surface area contributed by atoms with Gasteiger partial charge in [-0.05, 0) is 88.2 Å². The number of nitrogens with zero attached hydrogens (tertiary/aromatic N) is 2. The Bertz CT molecular complexity index is 846. The lowest BCUT2D eigenvalue weighted by atomic mass is 9.76. The first-order valence-corrected chi connectivity index (χ1v) is 13.5. The molecular formula is C27H42N4O3. The predicted octanol–water partition coefficient (Wildman–Crippen LogP) is 4.01. The van der Waals surface area contributed by atoms with E-state index in [2.05, 4.69) is 27.7 Å². The van der Waals surface area contributed by atoms with E-state index in [1.165, 1.54) is 49.8 Å². The Morgan fingerprint density at radius 1 is 1.21 bits per heavy atom. The maximum Gasteiger partial charge on any atom is 0.326 e. The second-order valence-corrected chi connectivity index (χ2v) is 10.5. The monoisotopic (exact) mass is 470 g/mol. The number of carbonyl (C=O) groups is 2. The summed E-state index contributed by atoms with van der Waals surface area (Å²) in [6.45, 7) is 5.73. The van der Waals surface area contributed by atoms with Crippen LogP contribution in [-0.4, -0.2) is 58.1 Å². The summed E-state index contributed by atoms with van der Waals surface area (Å²) in [6, 6.07) is 4.79. The Labute approximate surface area is 204 Å². The molecule has 0 aromatic carbocycles. The SMILES string of the molecule is CCC(CC)C(=O)N[C@@H](CCN(C1CC1)C1CC(CCc2ccc3c(n2)NCCC3)C1)C(=O)O. The van der Waals surface area contributed by atoms with Crippen molar-refractivity contribution in [2.45, 2.75) is 103 Å². The number of hydrogen-bond acceptors (Lipinski definition) is 5. The van der Waals surface area contributed by atoms with Crippen molar-refractivity contribution in [2.75, 3.05) is 18.4 Å². The van der Waals surface area contributed by atoms with Gasteiger partial charge in [0.1, 0.15) is 11.9 Å². The number of hydrogen-bond donors (Lipinski definition) is 3. The van der Waals surface area contributed by atoms with Gasteiger partial charge in [-0.3, -0.25) is 9.69 Å². The molecule has 1 aromatic rings. The highest BCUT2D eigenvalue weighted by Crippen LogP contribution is 2.40. The van der Waals surface area contributed by atoms with E-state index in [1.54, 1.807) is 0 Å². The molecule has 3 aliphatic rings. The third-order valence-corrected chi connectivity index (χ3v) is 8.10. The van der Waals surface area contributed by atoms with Crippen molar-refractivity contribution in [3.63, 3.8) is 0 Å². The number of carboxylic acid groups (broad SMARTS) is 1. The summed E-state index contributed by atoms with van der Waals surface area (Å²) in [5, 5.41) is 15.9. The molecule has 34 heavy (non-hydrogen) atoms. The van der Waals surface area contributed by atoms with Crippen LogP contribution in [0.2, 0.25) is 0 Å². The van der Waals surface area contributed by atoms with E-state index in [4.69, 9.17) is 4.98 Å². The highest BCUT2D eigenvalue weighted by atomic mass is 16.4. The van der Waals surface area contributed by atoms with Crippen LogP contribution in [-0.2, 0) is 22.4 Å². The Hall–Kier alpha value is -2.15. The molecule has 7 heteroatoms.